The number of hydrogen-bond acceptors (Lipinski definition) is 7. The smallest absolute Gasteiger partial charge is 0.269 e. The Morgan fingerprint density at radius 2 is 1.69 bits per heavy atom. The van der Waals surface area contributed by atoms with Gasteiger partial charge in [0, 0.05) is 35.2 Å². The maximum absolute atomic E-state index is 10.8. The van der Waals surface area contributed by atoms with Crippen molar-refractivity contribution >= 4 is 23.5 Å². The molecule has 0 unspecified atom stereocenters. The van der Waals surface area contributed by atoms with Crippen LogP contribution in [-0.4, -0.2) is 19.7 Å². The van der Waals surface area contributed by atoms with E-state index in [1.54, 1.807) is 35.5 Å². The fourth-order valence-corrected chi connectivity index (χ4v) is 2.95. The summed E-state index contributed by atoms with van der Waals surface area (Å²) in [6, 6.07) is 21.1. The van der Waals surface area contributed by atoms with E-state index in [0.717, 1.165) is 22.1 Å². The fourth-order valence-electron chi connectivity index (χ4n) is 2.26. The number of non-ortho nitro benzene ring substituents is 1. The van der Waals surface area contributed by atoms with Gasteiger partial charge >= 0.3 is 0 Å². The number of pyridine rings is 1. The maximum atomic E-state index is 10.8. The zero-order chi connectivity index (χ0) is 18.4. The molecule has 0 aliphatic carbocycles. The number of aromatic nitrogens is 1. The van der Waals surface area contributed by atoms with Crippen molar-refractivity contribution in [1.29, 1.82) is 0 Å². The van der Waals surface area contributed by atoms with Crippen LogP contribution in [0.5, 0.6) is 0 Å². The molecule has 0 aliphatic heterocycles. The minimum Gasteiger partial charge on any atom is -0.284 e. The highest BCUT2D eigenvalue weighted by atomic mass is 32.2. The van der Waals surface area contributed by atoms with Gasteiger partial charge < -0.3 is 0 Å². The Balaban J connectivity index is 1.80. The van der Waals surface area contributed by atoms with Gasteiger partial charge in [-0.1, -0.05) is 36.4 Å². The van der Waals surface area contributed by atoms with E-state index >= 15 is 0 Å². The van der Waals surface area contributed by atoms with Crippen LogP contribution in [-0.2, 0) is 6.54 Å². The molecule has 8 heteroatoms. The second-order valence-electron chi connectivity index (χ2n) is 5.33. The van der Waals surface area contributed by atoms with E-state index in [0.29, 0.717) is 17.3 Å². The van der Waals surface area contributed by atoms with Crippen molar-refractivity contribution in [3.63, 3.8) is 0 Å². The topological polar surface area (TPSA) is 82.7 Å². The van der Waals surface area contributed by atoms with Crippen LogP contribution in [0, 0.1) is 10.1 Å². The van der Waals surface area contributed by atoms with Gasteiger partial charge in [-0.3, -0.25) is 20.3 Å². The van der Waals surface area contributed by atoms with Gasteiger partial charge in [-0.15, -0.1) is 0 Å². The lowest BCUT2D eigenvalue weighted by Crippen LogP contribution is -2.35. The normalized spacial score (nSPS) is 10.7. The van der Waals surface area contributed by atoms with E-state index in [1.807, 2.05) is 36.4 Å². The van der Waals surface area contributed by atoms with Gasteiger partial charge in [0.2, 0.25) is 0 Å². The monoisotopic (exact) mass is 368 g/mol. The lowest BCUT2D eigenvalue weighted by Gasteiger charge is -2.29. The van der Waals surface area contributed by atoms with Crippen molar-refractivity contribution in [1.82, 2.24) is 9.56 Å². The molecule has 1 aromatic heterocycles. The summed E-state index contributed by atoms with van der Waals surface area (Å²) in [5.41, 5.74) is 1.01. The standard InChI is InChI=1S/C18H16N4O3S/c23-21(24)16-9-11-17(12-10-16)26-22(25)20(18-8-4-5-13-19-18)14-15-6-2-1-3-7-15/h1-13,25H,14H2. The van der Waals surface area contributed by atoms with Crippen LogP contribution in [0.2, 0.25) is 0 Å². The number of hydrazine groups is 1. The van der Waals surface area contributed by atoms with Crippen molar-refractivity contribution in [2.75, 3.05) is 5.01 Å². The van der Waals surface area contributed by atoms with Crippen LogP contribution in [0.15, 0.2) is 83.9 Å². The molecule has 26 heavy (non-hydrogen) atoms. The molecule has 0 spiro atoms. The van der Waals surface area contributed by atoms with Gasteiger partial charge in [0.15, 0.2) is 0 Å². The van der Waals surface area contributed by atoms with Crippen molar-refractivity contribution < 1.29 is 10.1 Å². The molecule has 0 atom stereocenters. The maximum Gasteiger partial charge on any atom is 0.269 e. The minimum absolute atomic E-state index is 0.00436. The third-order valence-corrected chi connectivity index (χ3v) is 4.37. The van der Waals surface area contributed by atoms with Crippen LogP contribution in [0.4, 0.5) is 11.5 Å². The fraction of sp³-hybridized carbons (Fsp3) is 0.0556. The zero-order valence-electron chi connectivity index (χ0n) is 13.7. The number of nitro groups is 1. The van der Waals surface area contributed by atoms with E-state index < -0.39 is 4.92 Å². The van der Waals surface area contributed by atoms with Crippen molar-refractivity contribution in [2.24, 2.45) is 0 Å². The van der Waals surface area contributed by atoms with Crippen LogP contribution >= 0.6 is 11.9 Å². The first-order valence-electron chi connectivity index (χ1n) is 7.77. The number of hydrogen-bond donors (Lipinski definition) is 1. The van der Waals surface area contributed by atoms with E-state index in [2.05, 4.69) is 4.98 Å². The Labute approximate surface area is 154 Å². The first-order valence-corrected chi connectivity index (χ1v) is 8.54. The van der Waals surface area contributed by atoms with E-state index in [1.165, 1.54) is 12.1 Å². The number of nitrogens with zero attached hydrogens (tertiary/aromatic N) is 4. The van der Waals surface area contributed by atoms with Crippen LogP contribution in [0.1, 0.15) is 5.56 Å². The summed E-state index contributed by atoms with van der Waals surface area (Å²) < 4.78 is 0.983. The molecular weight excluding hydrogens is 352 g/mol. The highest BCUT2D eigenvalue weighted by molar-refractivity contribution is 7.97. The van der Waals surface area contributed by atoms with E-state index in [9.17, 15) is 15.3 Å². The van der Waals surface area contributed by atoms with Crippen LogP contribution in [0.25, 0.3) is 0 Å². The first-order chi connectivity index (χ1) is 12.6. The number of nitro benzene ring substituents is 1. The summed E-state index contributed by atoms with van der Waals surface area (Å²) in [5, 5.41) is 23.0. The first kappa shape index (κ1) is 17.9. The number of benzene rings is 2. The summed E-state index contributed by atoms with van der Waals surface area (Å²) in [6.45, 7) is 0.411. The Morgan fingerprint density at radius 1 is 1.00 bits per heavy atom. The van der Waals surface area contributed by atoms with E-state index in [-0.39, 0.29) is 5.69 Å². The van der Waals surface area contributed by atoms with Crippen LogP contribution in [0.3, 0.4) is 0 Å². The molecule has 0 amide bonds. The van der Waals surface area contributed by atoms with E-state index in [4.69, 9.17) is 0 Å². The Bertz CT molecular complexity index is 847. The summed E-state index contributed by atoms with van der Waals surface area (Å²) in [6.07, 6.45) is 1.65. The summed E-state index contributed by atoms with van der Waals surface area (Å²) in [7, 11) is 0. The molecule has 7 nitrogen and oxygen atoms in total. The van der Waals surface area contributed by atoms with Gasteiger partial charge in [-0.05, 0) is 34.4 Å². The Kier molecular flexibility index (Phi) is 5.80. The molecule has 132 valence electrons. The molecule has 0 saturated heterocycles. The molecular formula is C18H16N4O3S. The van der Waals surface area contributed by atoms with Gasteiger partial charge in [0.25, 0.3) is 5.69 Å². The summed E-state index contributed by atoms with van der Waals surface area (Å²) in [5.74, 6) is 0.577. The second kappa shape index (κ2) is 8.43. The minimum atomic E-state index is -0.458. The molecule has 0 radical (unpaired) electrons. The second-order valence-corrected chi connectivity index (χ2v) is 6.31. The van der Waals surface area contributed by atoms with Crippen LogP contribution < -0.4 is 5.01 Å². The zero-order valence-corrected chi connectivity index (χ0v) is 14.5. The quantitative estimate of drug-likeness (QED) is 0.378. The third kappa shape index (κ3) is 4.57. The number of anilines is 1. The lowest BCUT2D eigenvalue weighted by atomic mass is 10.2. The van der Waals surface area contributed by atoms with Gasteiger partial charge in [0.1, 0.15) is 5.82 Å². The Hall–Kier alpha value is -2.94. The summed E-state index contributed by atoms with van der Waals surface area (Å²) in [4.78, 5) is 15.3. The predicted octanol–water partition coefficient (Wildman–Crippen LogP) is 4.31. The highest BCUT2D eigenvalue weighted by Crippen LogP contribution is 2.28. The highest BCUT2D eigenvalue weighted by Gasteiger charge is 2.18. The summed E-state index contributed by atoms with van der Waals surface area (Å²) >= 11 is 1.04. The largest absolute Gasteiger partial charge is 0.284 e. The molecule has 3 aromatic rings. The molecule has 0 fully saturated rings. The average molecular weight is 368 g/mol. The molecule has 2 aromatic carbocycles. The molecule has 1 N–H and O–H groups in total. The number of rotatable bonds is 7. The van der Waals surface area contributed by atoms with Gasteiger partial charge in [-0.2, -0.15) is 0 Å². The molecule has 1 heterocycles. The Morgan fingerprint density at radius 3 is 2.31 bits per heavy atom. The van der Waals surface area contributed by atoms with Gasteiger partial charge in [0.05, 0.1) is 11.5 Å². The van der Waals surface area contributed by atoms with Crippen molar-refractivity contribution in [3.8, 4) is 0 Å². The molecule has 0 saturated carbocycles. The van der Waals surface area contributed by atoms with Crippen molar-refractivity contribution in [3.05, 3.63) is 94.7 Å². The third-order valence-electron chi connectivity index (χ3n) is 3.53. The molecule has 0 aliphatic rings. The predicted molar refractivity (Wildman–Crippen MR) is 99.4 cm³/mol. The van der Waals surface area contributed by atoms with Crippen molar-refractivity contribution in [2.45, 2.75) is 11.4 Å². The van der Waals surface area contributed by atoms with Gasteiger partial charge in [-0.25, -0.2) is 4.98 Å². The SMILES string of the molecule is O=[N+]([O-])c1ccc(SN(O)N(Cc2ccccc2)c2ccccn2)cc1. The molecule has 3 rings (SSSR count). The molecule has 0 bridgehead atoms. The lowest BCUT2D eigenvalue weighted by molar-refractivity contribution is -0.384. The average Bonchev–Trinajstić information content (AvgIpc) is 2.68.